The molecule has 1 saturated heterocycles. The molecule has 4 N–H and O–H groups in total. The molecule has 0 spiro atoms. The van der Waals surface area contributed by atoms with Crippen molar-refractivity contribution in [3.05, 3.63) is 23.3 Å². The summed E-state index contributed by atoms with van der Waals surface area (Å²) in [5.74, 6) is 0.523. The first-order chi connectivity index (χ1) is 9.97. The minimum Gasteiger partial charge on any atom is -0.478 e. The van der Waals surface area contributed by atoms with Crippen molar-refractivity contribution >= 4 is 11.6 Å². The molecule has 1 heterocycles. The molecule has 1 aliphatic heterocycles. The molecule has 1 aromatic carbocycles. The maximum Gasteiger partial charge on any atom is 0.260 e. The van der Waals surface area contributed by atoms with Crippen molar-refractivity contribution in [2.75, 3.05) is 18.8 Å². The molecule has 1 aromatic rings. The summed E-state index contributed by atoms with van der Waals surface area (Å²) in [4.78, 5) is 12.2. The topological polar surface area (TPSA) is 76.4 Å². The van der Waals surface area contributed by atoms with Crippen LogP contribution in [0.2, 0.25) is 0 Å². The van der Waals surface area contributed by atoms with Gasteiger partial charge in [-0.15, -0.1) is 0 Å². The monoisotopic (exact) mass is 291 g/mol. The number of nitrogens with one attached hydrogen (secondary N) is 2. The van der Waals surface area contributed by atoms with Crippen LogP contribution in [-0.4, -0.2) is 31.1 Å². The summed E-state index contributed by atoms with van der Waals surface area (Å²) in [6.07, 6.45) is 1.37. The minimum atomic E-state index is -0.552. The van der Waals surface area contributed by atoms with Gasteiger partial charge < -0.3 is 21.1 Å². The fraction of sp³-hybridized carbons (Fsp3) is 0.562. The summed E-state index contributed by atoms with van der Waals surface area (Å²) in [5, 5.41) is 6.32. The van der Waals surface area contributed by atoms with Crippen molar-refractivity contribution in [3.63, 3.8) is 0 Å². The average molecular weight is 291 g/mol. The molecule has 2 rings (SSSR count). The van der Waals surface area contributed by atoms with Crippen LogP contribution in [-0.2, 0) is 4.79 Å². The van der Waals surface area contributed by atoms with Gasteiger partial charge in [-0.25, -0.2) is 0 Å². The number of piperidine rings is 1. The molecule has 1 atom stereocenters. The zero-order valence-electron chi connectivity index (χ0n) is 13.0. The number of nitrogens with two attached hydrogens (primary N) is 1. The number of carbonyl (C=O) groups is 1. The molecular formula is C16H25N3O2. The Balaban J connectivity index is 1.97. The van der Waals surface area contributed by atoms with E-state index in [1.165, 1.54) is 0 Å². The summed E-state index contributed by atoms with van der Waals surface area (Å²) >= 11 is 0. The summed E-state index contributed by atoms with van der Waals surface area (Å²) in [6.45, 7) is 7.58. The second-order valence-electron chi connectivity index (χ2n) is 5.79. The van der Waals surface area contributed by atoms with Crippen molar-refractivity contribution in [2.45, 2.75) is 45.8 Å². The summed E-state index contributed by atoms with van der Waals surface area (Å²) in [5.41, 5.74) is 8.61. The van der Waals surface area contributed by atoms with Gasteiger partial charge in [-0.05, 0) is 63.9 Å². The Morgan fingerprint density at radius 1 is 1.38 bits per heavy atom. The third kappa shape index (κ3) is 4.11. The number of nitrogen functional groups attached to an aromatic ring is 1. The normalized spacial score (nSPS) is 17.3. The number of ether oxygens (including phenoxy) is 1. The summed E-state index contributed by atoms with van der Waals surface area (Å²) < 4.78 is 5.78. The fourth-order valence-electron chi connectivity index (χ4n) is 2.66. The maximum atomic E-state index is 12.2. The third-order valence-corrected chi connectivity index (χ3v) is 3.80. The Hall–Kier alpha value is -1.75. The lowest BCUT2D eigenvalue weighted by Gasteiger charge is -2.25. The van der Waals surface area contributed by atoms with Gasteiger partial charge >= 0.3 is 0 Å². The lowest BCUT2D eigenvalue weighted by Crippen LogP contribution is -2.47. The van der Waals surface area contributed by atoms with Crippen LogP contribution >= 0.6 is 0 Å². The molecule has 0 radical (unpaired) electrons. The van der Waals surface area contributed by atoms with E-state index in [2.05, 4.69) is 10.6 Å². The Labute approximate surface area is 126 Å². The van der Waals surface area contributed by atoms with Gasteiger partial charge in [0.25, 0.3) is 5.91 Å². The molecule has 0 saturated carbocycles. The highest BCUT2D eigenvalue weighted by Gasteiger charge is 2.21. The first-order valence-electron chi connectivity index (χ1n) is 7.52. The van der Waals surface area contributed by atoms with Gasteiger partial charge in [-0.1, -0.05) is 6.07 Å². The van der Waals surface area contributed by atoms with Crippen molar-refractivity contribution in [2.24, 2.45) is 0 Å². The number of anilines is 1. The van der Waals surface area contributed by atoms with Gasteiger partial charge in [0.1, 0.15) is 5.75 Å². The number of hydrogen-bond acceptors (Lipinski definition) is 4. The van der Waals surface area contributed by atoms with Crippen molar-refractivity contribution in [1.29, 1.82) is 0 Å². The van der Waals surface area contributed by atoms with Crippen LogP contribution in [0.1, 0.15) is 30.9 Å². The number of hydrogen-bond donors (Lipinski definition) is 3. The lowest BCUT2D eigenvalue weighted by atomic mass is 10.1. The van der Waals surface area contributed by atoms with E-state index in [1.54, 1.807) is 6.92 Å². The van der Waals surface area contributed by atoms with E-state index in [1.807, 2.05) is 26.0 Å². The Morgan fingerprint density at radius 2 is 2.05 bits per heavy atom. The lowest BCUT2D eigenvalue weighted by molar-refractivity contribution is -0.128. The predicted octanol–water partition coefficient (Wildman–Crippen LogP) is 1.52. The van der Waals surface area contributed by atoms with Gasteiger partial charge in [0, 0.05) is 6.04 Å². The molecule has 0 aromatic heterocycles. The van der Waals surface area contributed by atoms with Crippen LogP contribution in [0.25, 0.3) is 0 Å². The van der Waals surface area contributed by atoms with Crippen LogP contribution in [0.3, 0.4) is 0 Å². The molecule has 1 aliphatic rings. The molecule has 1 fully saturated rings. The molecule has 21 heavy (non-hydrogen) atoms. The van der Waals surface area contributed by atoms with E-state index in [9.17, 15) is 4.79 Å². The maximum absolute atomic E-state index is 12.2. The Morgan fingerprint density at radius 3 is 2.67 bits per heavy atom. The SMILES string of the molecule is Cc1cc(C)c(OC(C)C(=O)NC2CCNCC2)c(N)c1. The minimum absolute atomic E-state index is 0.0822. The molecule has 0 aliphatic carbocycles. The van der Waals surface area contributed by atoms with Gasteiger partial charge in [0.05, 0.1) is 5.69 Å². The molecule has 1 amide bonds. The molecule has 116 valence electrons. The van der Waals surface area contributed by atoms with Crippen LogP contribution in [0.5, 0.6) is 5.75 Å². The van der Waals surface area contributed by atoms with Crippen LogP contribution in [0.15, 0.2) is 12.1 Å². The van der Waals surface area contributed by atoms with Crippen LogP contribution < -0.4 is 21.1 Å². The van der Waals surface area contributed by atoms with Gasteiger partial charge in [0.2, 0.25) is 0 Å². The average Bonchev–Trinajstić information content (AvgIpc) is 2.43. The number of benzene rings is 1. The van der Waals surface area contributed by atoms with E-state index < -0.39 is 6.10 Å². The Bertz CT molecular complexity index is 487. The van der Waals surface area contributed by atoms with E-state index in [0.29, 0.717) is 11.4 Å². The number of aryl methyl sites for hydroxylation is 2. The molecule has 5 nitrogen and oxygen atoms in total. The first-order valence-corrected chi connectivity index (χ1v) is 7.52. The first kappa shape index (κ1) is 15.6. The number of amides is 1. The van der Waals surface area contributed by atoms with Gasteiger partial charge in [0.15, 0.2) is 6.10 Å². The zero-order chi connectivity index (χ0) is 15.4. The second-order valence-corrected chi connectivity index (χ2v) is 5.79. The highest BCUT2D eigenvalue weighted by atomic mass is 16.5. The number of carbonyl (C=O) groups excluding carboxylic acids is 1. The second kappa shape index (κ2) is 6.80. The largest absolute Gasteiger partial charge is 0.478 e. The van der Waals surface area contributed by atoms with Crippen LogP contribution in [0.4, 0.5) is 5.69 Å². The molecule has 1 unspecified atom stereocenters. The van der Waals surface area contributed by atoms with Gasteiger partial charge in [-0.3, -0.25) is 4.79 Å². The van der Waals surface area contributed by atoms with Crippen molar-refractivity contribution in [3.8, 4) is 5.75 Å². The van der Waals surface area contributed by atoms with E-state index >= 15 is 0 Å². The smallest absolute Gasteiger partial charge is 0.260 e. The summed E-state index contributed by atoms with van der Waals surface area (Å²) in [6, 6.07) is 4.10. The van der Waals surface area contributed by atoms with E-state index in [0.717, 1.165) is 37.1 Å². The van der Waals surface area contributed by atoms with Crippen molar-refractivity contribution in [1.82, 2.24) is 10.6 Å². The predicted molar refractivity (Wildman–Crippen MR) is 84.5 cm³/mol. The third-order valence-electron chi connectivity index (χ3n) is 3.80. The zero-order valence-corrected chi connectivity index (χ0v) is 13.0. The van der Waals surface area contributed by atoms with Gasteiger partial charge in [-0.2, -0.15) is 0 Å². The van der Waals surface area contributed by atoms with E-state index in [-0.39, 0.29) is 11.9 Å². The Kier molecular flexibility index (Phi) is 5.07. The number of rotatable bonds is 4. The standard InChI is InChI=1S/C16H25N3O2/c1-10-8-11(2)15(14(17)9-10)21-12(3)16(20)19-13-4-6-18-7-5-13/h8-9,12-13,18H,4-7,17H2,1-3H3,(H,19,20). The van der Waals surface area contributed by atoms with Crippen molar-refractivity contribution < 1.29 is 9.53 Å². The quantitative estimate of drug-likeness (QED) is 0.735. The molecule has 5 heteroatoms. The molecular weight excluding hydrogens is 266 g/mol. The highest BCUT2D eigenvalue weighted by Crippen LogP contribution is 2.28. The fourth-order valence-corrected chi connectivity index (χ4v) is 2.66. The molecule has 0 bridgehead atoms. The van der Waals surface area contributed by atoms with Crippen LogP contribution in [0, 0.1) is 13.8 Å². The summed E-state index contributed by atoms with van der Waals surface area (Å²) in [7, 11) is 0. The van der Waals surface area contributed by atoms with E-state index in [4.69, 9.17) is 10.5 Å². The highest BCUT2D eigenvalue weighted by molar-refractivity contribution is 5.81.